The van der Waals surface area contributed by atoms with E-state index in [9.17, 15) is 14.9 Å². The molecule has 19 heavy (non-hydrogen) atoms. The minimum Gasteiger partial charge on any atom is -0.478 e. The van der Waals surface area contributed by atoms with E-state index in [1.807, 2.05) is 6.92 Å². The Balaban J connectivity index is 2.23. The van der Waals surface area contributed by atoms with Crippen LogP contribution in [0.15, 0.2) is 12.3 Å². The summed E-state index contributed by atoms with van der Waals surface area (Å²) >= 11 is 0. The number of hydrogen-bond acceptors (Lipinski definition) is 5. The van der Waals surface area contributed by atoms with Gasteiger partial charge in [0, 0.05) is 12.1 Å². The van der Waals surface area contributed by atoms with Crippen LogP contribution >= 0.6 is 0 Å². The molecular weight excluding hydrogens is 250 g/mol. The summed E-state index contributed by atoms with van der Waals surface area (Å²) in [6.45, 7) is 1.97. The van der Waals surface area contributed by atoms with E-state index in [1.165, 1.54) is 6.42 Å². The van der Waals surface area contributed by atoms with Gasteiger partial charge in [0.25, 0.3) is 5.69 Å². The lowest BCUT2D eigenvalue weighted by molar-refractivity contribution is -0.385. The van der Waals surface area contributed by atoms with E-state index in [0.717, 1.165) is 25.1 Å². The van der Waals surface area contributed by atoms with Crippen molar-refractivity contribution >= 4 is 17.5 Å². The van der Waals surface area contributed by atoms with Gasteiger partial charge in [0.1, 0.15) is 17.6 Å². The smallest absolute Gasteiger partial charge is 0.339 e. The van der Waals surface area contributed by atoms with Crippen LogP contribution in [0.2, 0.25) is 0 Å². The van der Waals surface area contributed by atoms with Crippen LogP contribution in [-0.2, 0) is 0 Å². The molecule has 1 aromatic rings. The number of anilines is 1. The zero-order valence-corrected chi connectivity index (χ0v) is 10.5. The first-order valence-corrected chi connectivity index (χ1v) is 6.13. The summed E-state index contributed by atoms with van der Waals surface area (Å²) in [6.07, 6.45) is 4.49. The molecule has 2 N–H and O–H groups in total. The Morgan fingerprint density at radius 1 is 1.63 bits per heavy atom. The van der Waals surface area contributed by atoms with Crippen LogP contribution in [0.5, 0.6) is 0 Å². The molecule has 0 radical (unpaired) electrons. The number of hydrogen-bond donors (Lipinski definition) is 2. The number of rotatable bonds is 5. The minimum atomic E-state index is -1.22. The fourth-order valence-corrected chi connectivity index (χ4v) is 2.10. The summed E-state index contributed by atoms with van der Waals surface area (Å²) in [7, 11) is 0. The molecule has 7 heteroatoms. The van der Waals surface area contributed by atoms with Crippen molar-refractivity contribution < 1.29 is 14.8 Å². The monoisotopic (exact) mass is 265 g/mol. The Morgan fingerprint density at radius 2 is 2.32 bits per heavy atom. The first-order valence-electron chi connectivity index (χ1n) is 6.13. The van der Waals surface area contributed by atoms with Gasteiger partial charge in [0.15, 0.2) is 0 Å². The Labute approximate surface area is 109 Å². The summed E-state index contributed by atoms with van der Waals surface area (Å²) < 4.78 is 0. The van der Waals surface area contributed by atoms with Gasteiger partial charge >= 0.3 is 5.97 Å². The van der Waals surface area contributed by atoms with E-state index < -0.39 is 10.9 Å². The van der Waals surface area contributed by atoms with Crippen molar-refractivity contribution in [2.75, 3.05) is 5.32 Å². The highest BCUT2D eigenvalue weighted by Gasteiger charge is 2.26. The lowest BCUT2D eigenvalue weighted by Crippen LogP contribution is -2.31. The molecule has 0 aliphatic heterocycles. The van der Waals surface area contributed by atoms with Crippen LogP contribution in [0.1, 0.15) is 36.5 Å². The van der Waals surface area contributed by atoms with Gasteiger partial charge in [-0.25, -0.2) is 9.78 Å². The molecule has 102 valence electrons. The third kappa shape index (κ3) is 2.81. The Hall–Kier alpha value is -2.18. The van der Waals surface area contributed by atoms with Crippen LogP contribution in [0.25, 0.3) is 0 Å². The van der Waals surface area contributed by atoms with E-state index in [0.29, 0.717) is 5.92 Å². The molecule has 2 rings (SSSR count). The van der Waals surface area contributed by atoms with Crippen LogP contribution < -0.4 is 5.32 Å². The Morgan fingerprint density at radius 3 is 2.79 bits per heavy atom. The molecular formula is C12H15N3O4. The topological polar surface area (TPSA) is 105 Å². The third-order valence-corrected chi connectivity index (χ3v) is 3.54. The molecule has 0 amide bonds. The number of aromatic nitrogens is 1. The summed E-state index contributed by atoms with van der Waals surface area (Å²) in [6, 6.07) is 1.14. The van der Waals surface area contributed by atoms with Crippen LogP contribution in [0.3, 0.4) is 0 Å². The molecule has 1 aliphatic carbocycles. The summed E-state index contributed by atoms with van der Waals surface area (Å²) in [5, 5.41) is 22.8. The van der Waals surface area contributed by atoms with E-state index in [2.05, 4.69) is 10.3 Å². The highest BCUT2D eigenvalue weighted by Crippen LogP contribution is 2.31. The predicted molar refractivity (Wildman–Crippen MR) is 68.3 cm³/mol. The molecule has 0 spiro atoms. The molecule has 1 saturated carbocycles. The Bertz CT molecular complexity index is 514. The highest BCUT2D eigenvalue weighted by atomic mass is 16.6. The second kappa shape index (κ2) is 5.21. The largest absolute Gasteiger partial charge is 0.478 e. The van der Waals surface area contributed by atoms with E-state index in [-0.39, 0.29) is 23.1 Å². The highest BCUT2D eigenvalue weighted by molar-refractivity contribution is 5.93. The number of nitro groups is 1. The molecule has 1 fully saturated rings. The Kier molecular flexibility index (Phi) is 3.64. The maximum atomic E-state index is 11.1. The summed E-state index contributed by atoms with van der Waals surface area (Å²) in [4.78, 5) is 25.0. The molecule has 0 aromatic carbocycles. The predicted octanol–water partition coefficient (Wildman–Crippen LogP) is 2.29. The van der Waals surface area contributed by atoms with Gasteiger partial charge in [0.2, 0.25) is 0 Å². The van der Waals surface area contributed by atoms with Gasteiger partial charge in [-0.05, 0) is 25.7 Å². The van der Waals surface area contributed by atoms with E-state index in [1.54, 1.807) is 0 Å². The van der Waals surface area contributed by atoms with Crippen molar-refractivity contribution in [2.24, 2.45) is 5.92 Å². The van der Waals surface area contributed by atoms with Crippen LogP contribution in [0.4, 0.5) is 11.5 Å². The lowest BCUT2D eigenvalue weighted by atomic mass is 9.80. The summed E-state index contributed by atoms with van der Waals surface area (Å²) in [5.41, 5.74) is -0.486. The zero-order valence-electron chi connectivity index (χ0n) is 10.5. The van der Waals surface area contributed by atoms with Crippen LogP contribution in [0, 0.1) is 16.0 Å². The number of carboxylic acid groups (broad SMARTS) is 1. The number of aromatic carboxylic acids is 1. The van der Waals surface area contributed by atoms with Crippen molar-refractivity contribution in [3.63, 3.8) is 0 Å². The van der Waals surface area contributed by atoms with Gasteiger partial charge in [-0.1, -0.05) is 6.42 Å². The van der Waals surface area contributed by atoms with Gasteiger partial charge in [-0.3, -0.25) is 10.1 Å². The summed E-state index contributed by atoms with van der Waals surface area (Å²) in [5.74, 6) is -0.518. The molecule has 1 atom stereocenters. The molecule has 1 heterocycles. The fourth-order valence-electron chi connectivity index (χ4n) is 2.10. The standard InChI is InChI=1S/C12H15N3O4/c1-7(8-3-2-4-8)14-11-10(12(16)17)5-9(6-13-11)15(18)19/h5-8H,2-4H2,1H3,(H,13,14)(H,16,17). The van der Waals surface area contributed by atoms with Gasteiger partial charge in [-0.2, -0.15) is 0 Å². The average Bonchev–Trinajstić information content (AvgIpc) is 2.26. The molecule has 1 aliphatic rings. The quantitative estimate of drug-likeness (QED) is 0.625. The van der Waals surface area contributed by atoms with E-state index in [4.69, 9.17) is 5.11 Å². The first-order chi connectivity index (χ1) is 8.99. The SMILES string of the molecule is CC(Nc1ncc([N+](=O)[O-])cc1C(=O)O)C1CCC1. The average molecular weight is 265 g/mol. The van der Waals surface area contributed by atoms with Crippen molar-refractivity contribution in [1.29, 1.82) is 0 Å². The maximum Gasteiger partial charge on any atom is 0.339 e. The zero-order chi connectivity index (χ0) is 14.0. The second-order valence-corrected chi connectivity index (χ2v) is 4.78. The van der Waals surface area contributed by atoms with E-state index >= 15 is 0 Å². The van der Waals surface area contributed by atoms with Crippen molar-refractivity contribution in [3.05, 3.63) is 27.9 Å². The molecule has 0 saturated heterocycles. The van der Waals surface area contributed by atoms with Gasteiger partial charge in [-0.15, -0.1) is 0 Å². The second-order valence-electron chi connectivity index (χ2n) is 4.78. The maximum absolute atomic E-state index is 11.1. The fraction of sp³-hybridized carbons (Fsp3) is 0.500. The molecule has 1 unspecified atom stereocenters. The van der Waals surface area contributed by atoms with Crippen molar-refractivity contribution in [2.45, 2.75) is 32.2 Å². The van der Waals surface area contributed by atoms with Gasteiger partial charge < -0.3 is 10.4 Å². The first kappa shape index (κ1) is 13.3. The number of nitrogens with zero attached hydrogens (tertiary/aromatic N) is 2. The number of pyridine rings is 1. The molecule has 0 bridgehead atoms. The number of carbonyl (C=O) groups is 1. The lowest BCUT2D eigenvalue weighted by Gasteiger charge is -2.32. The minimum absolute atomic E-state index is 0.112. The molecule has 1 aromatic heterocycles. The third-order valence-electron chi connectivity index (χ3n) is 3.54. The van der Waals surface area contributed by atoms with Crippen molar-refractivity contribution in [1.82, 2.24) is 4.98 Å². The number of nitrogens with one attached hydrogen (secondary N) is 1. The van der Waals surface area contributed by atoms with Crippen molar-refractivity contribution in [3.8, 4) is 0 Å². The normalized spacial score (nSPS) is 16.5. The number of carboxylic acids is 1. The van der Waals surface area contributed by atoms with Crippen LogP contribution in [-0.4, -0.2) is 27.0 Å². The molecule has 7 nitrogen and oxygen atoms in total. The van der Waals surface area contributed by atoms with Gasteiger partial charge in [0.05, 0.1) is 4.92 Å².